The third kappa shape index (κ3) is 2.91. The van der Waals surface area contributed by atoms with Crippen molar-refractivity contribution in [1.29, 1.82) is 0 Å². The summed E-state index contributed by atoms with van der Waals surface area (Å²) in [6.07, 6.45) is 2.33. The zero-order chi connectivity index (χ0) is 8.81. The summed E-state index contributed by atoms with van der Waals surface area (Å²) in [4.78, 5) is 4.28. The maximum absolute atomic E-state index is 4.28. The minimum Gasteiger partial charge on any atom is -0.319 e. The van der Waals surface area contributed by atoms with Gasteiger partial charge in [-0.05, 0) is 25.9 Å². The van der Waals surface area contributed by atoms with Gasteiger partial charge in [0.25, 0.3) is 0 Å². The first-order chi connectivity index (χ1) is 5.86. The highest BCUT2D eigenvalue weighted by Crippen LogP contribution is 2.11. The summed E-state index contributed by atoms with van der Waals surface area (Å²) in [6, 6.07) is 0. The van der Waals surface area contributed by atoms with Gasteiger partial charge in [-0.25, -0.2) is 4.98 Å². The molecule has 1 atom stereocenters. The van der Waals surface area contributed by atoms with Crippen LogP contribution < -0.4 is 5.32 Å². The number of aromatic nitrogens is 1. The molecular weight excluding hydrogens is 168 g/mol. The van der Waals surface area contributed by atoms with Crippen molar-refractivity contribution in [2.45, 2.75) is 19.8 Å². The fourth-order valence-corrected chi connectivity index (χ4v) is 1.85. The summed E-state index contributed by atoms with van der Waals surface area (Å²) >= 11 is 1.68. The Hall–Kier alpha value is -0.410. The number of nitrogens with zero attached hydrogens (tertiary/aromatic N) is 1. The van der Waals surface area contributed by atoms with Crippen molar-refractivity contribution in [3.8, 4) is 0 Å². The van der Waals surface area contributed by atoms with E-state index in [9.17, 15) is 0 Å². The Labute approximate surface area is 78.0 Å². The van der Waals surface area contributed by atoms with Crippen LogP contribution in [0.3, 0.4) is 0 Å². The maximum atomic E-state index is 4.28. The smallest absolute Gasteiger partial charge is 0.0794 e. The van der Waals surface area contributed by atoms with E-state index in [1.54, 1.807) is 11.3 Å². The summed E-state index contributed by atoms with van der Waals surface area (Å²) in [6.45, 7) is 3.32. The minimum absolute atomic E-state index is 0.733. The lowest BCUT2D eigenvalue weighted by Gasteiger charge is -2.11. The van der Waals surface area contributed by atoms with Crippen LogP contribution in [0.1, 0.15) is 19.0 Å². The zero-order valence-electron chi connectivity index (χ0n) is 7.71. The topological polar surface area (TPSA) is 24.9 Å². The van der Waals surface area contributed by atoms with Crippen LogP contribution in [0.4, 0.5) is 0 Å². The molecule has 0 saturated heterocycles. The Balaban J connectivity index is 2.37. The molecule has 1 rings (SSSR count). The minimum atomic E-state index is 0.733. The molecule has 2 nitrogen and oxygen atoms in total. The Bertz CT molecular complexity index is 196. The molecule has 12 heavy (non-hydrogen) atoms. The third-order valence-corrected chi connectivity index (χ3v) is 2.69. The summed E-state index contributed by atoms with van der Waals surface area (Å²) < 4.78 is 0. The quantitative estimate of drug-likeness (QED) is 0.756. The van der Waals surface area contributed by atoms with Gasteiger partial charge in [0.15, 0.2) is 0 Å². The summed E-state index contributed by atoms with van der Waals surface area (Å²) in [7, 11) is 2.00. The molecule has 0 aliphatic rings. The Morgan fingerprint density at radius 3 is 3.00 bits per heavy atom. The van der Waals surface area contributed by atoms with Gasteiger partial charge >= 0.3 is 0 Å². The fourth-order valence-electron chi connectivity index (χ4n) is 1.28. The first-order valence-corrected chi connectivity index (χ1v) is 5.32. The van der Waals surface area contributed by atoms with Gasteiger partial charge in [-0.15, -0.1) is 11.3 Å². The van der Waals surface area contributed by atoms with Crippen LogP contribution in [0.5, 0.6) is 0 Å². The molecule has 0 saturated carbocycles. The van der Waals surface area contributed by atoms with E-state index in [2.05, 4.69) is 22.6 Å². The van der Waals surface area contributed by atoms with E-state index in [1.807, 2.05) is 12.6 Å². The molecule has 1 heterocycles. The number of rotatable bonds is 5. The van der Waals surface area contributed by atoms with E-state index >= 15 is 0 Å². The van der Waals surface area contributed by atoms with E-state index in [0.29, 0.717) is 0 Å². The lowest BCUT2D eigenvalue weighted by atomic mass is 10.0. The van der Waals surface area contributed by atoms with E-state index in [4.69, 9.17) is 0 Å². The molecule has 0 amide bonds. The predicted molar refractivity (Wildman–Crippen MR) is 53.5 cm³/mol. The van der Waals surface area contributed by atoms with Crippen LogP contribution in [0.25, 0.3) is 0 Å². The molecule has 3 heteroatoms. The second kappa shape index (κ2) is 5.27. The highest BCUT2D eigenvalue weighted by Gasteiger charge is 2.06. The van der Waals surface area contributed by atoms with Crippen molar-refractivity contribution >= 4 is 11.3 Å². The highest BCUT2D eigenvalue weighted by atomic mass is 32.1. The van der Waals surface area contributed by atoms with Gasteiger partial charge in [0, 0.05) is 5.38 Å². The molecule has 0 radical (unpaired) electrons. The highest BCUT2D eigenvalue weighted by molar-refractivity contribution is 7.07. The number of hydrogen-bond acceptors (Lipinski definition) is 3. The Morgan fingerprint density at radius 1 is 1.67 bits per heavy atom. The van der Waals surface area contributed by atoms with Crippen LogP contribution in [0.2, 0.25) is 0 Å². The van der Waals surface area contributed by atoms with E-state index < -0.39 is 0 Å². The van der Waals surface area contributed by atoms with Gasteiger partial charge in [-0.3, -0.25) is 0 Å². The van der Waals surface area contributed by atoms with E-state index in [-0.39, 0.29) is 0 Å². The second-order valence-corrected chi connectivity index (χ2v) is 3.73. The van der Waals surface area contributed by atoms with Crippen molar-refractivity contribution in [2.24, 2.45) is 5.92 Å². The van der Waals surface area contributed by atoms with Crippen molar-refractivity contribution in [3.05, 3.63) is 16.6 Å². The third-order valence-electron chi connectivity index (χ3n) is 2.05. The molecule has 0 aromatic carbocycles. The van der Waals surface area contributed by atoms with Crippen molar-refractivity contribution < 1.29 is 0 Å². The Morgan fingerprint density at radius 2 is 2.50 bits per heavy atom. The molecule has 0 bridgehead atoms. The number of nitrogens with one attached hydrogen (secondary N) is 1. The normalized spacial score (nSPS) is 13.2. The van der Waals surface area contributed by atoms with Gasteiger partial charge in [-0.2, -0.15) is 0 Å². The molecule has 0 spiro atoms. The van der Waals surface area contributed by atoms with Crippen molar-refractivity contribution in [1.82, 2.24) is 10.3 Å². The van der Waals surface area contributed by atoms with Gasteiger partial charge in [0.2, 0.25) is 0 Å². The lowest BCUT2D eigenvalue weighted by Crippen LogP contribution is -2.20. The van der Waals surface area contributed by atoms with E-state index in [1.165, 1.54) is 12.1 Å². The van der Waals surface area contributed by atoms with Gasteiger partial charge in [0.05, 0.1) is 11.2 Å². The average molecular weight is 184 g/mol. The molecule has 0 fully saturated rings. The van der Waals surface area contributed by atoms with Crippen LogP contribution >= 0.6 is 11.3 Å². The first kappa shape index (κ1) is 9.68. The molecule has 0 aliphatic heterocycles. The Kier molecular flexibility index (Phi) is 4.25. The molecule has 1 N–H and O–H groups in total. The molecule has 0 aliphatic carbocycles. The van der Waals surface area contributed by atoms with Gasteiger partial charge < -0.3 is 5.32 Å². The largest absolute Gasteiger partial charge is 0.319 e. The predicted octanol–water partition coefficient (Wildman–Crippen LogP) is 1.93. The SMILES string of the molecule is CCC(CNC)Cc1cscn1. The summed E-state index contributed by atoms with van der Waals surface area (Å²) in [5, 5.41) is 5.34. The average Bonchev–Trinajstić information content (AvgIpc) is 2.56. The standard InChI is InChI=1S/C9H16N2S/c1-3-8(5-10-2)4-9-6-12-7-11-9/h6-8,10H,3-5H2,1-2H3. The molecule has 1 unspecified atom stereocenters. The van der Waals surface area contributed by atoms with E-state index in [0.717, 1.165) is 18.9 Å². The maximum Gasteiger partial charge on any atom is 0.0794 e. The van der Waals surface area contributed by atoms with Crippen molar-refractivity contribution in [3.63, 3.8) is 0 Å². The van der Waals surface area contributed by atoms with Crippen LogP contribution in [0.15, 0.2) is 10.9 Å². The molecule has 1 aromatic heterocycles. The zero-order valence-corrected chi connectivity index (χ0v) is 8.53. The molecule has 68 valence electrons. The lowest BCUT2D eigenvalue weighted by molar-refractivity contribution is 0.477. The molecular formula is C9H16N2S. The molecule has 1 aromatic rings. The second-order valence-electron chi connectivity index (χ2n) is 3.02. The van der Waals surface area contributed by atoms with Gasteiger partial charge in [-0.1, -0.05) is 13.3 Å². The van der Waals surface area contributed by atoms with Crippen LogP contribution in [0, 0.1) is 5.92 Å². The first-order valence-electron chi connectivity index (χ1n) is 4.38. The fraction of sp³-hybridized carbons (Fsp3) is 0.667. The van der Waals surface area contributed by atoms with Crippen molar-refractivity contribution in [2.75, 3.05) is 13.6 Å². The summed E-state index contributed by atoms with van der Waals surface area (Å²) in [5.74, 6) is 0.733. The number of hydrogen-bond donors (Lipinski definition) is 1. The van der Waals surface area contributed by atoms with Crippen LogP contribution in [-0.4, -0.2) is 18.6 Å². The van der Waals surface area contributed by atoms with Gasteiger partial charge in [0.1, 0.15) is 0 Å². The number of thiazole rings is 1. The van der Waals surface area contributed by atoms with Crippen LogP contribution in [-0.2, 0) is 6.42 Å². The summed E-state index contributed by atoms with van der Waals surface area (Å²) in [5.41, 5.74) is 3.14. The monoisotopic (exact) mass is 184 g/mol.